The van der Waals surface area contributed by atoms with Gasteiger partial charge in [-0.15, -0.1) is 0 Å². The van der Waals surface area contributed by atoms with E-state index in [1.54, 1.807) is 24.3 Å². The van der Waals surface area contributed by atoms with Gasteiger partial charge in [-0.25, -0.2) is 0 Å². The van der Waals surface area contributed by atoms with E-state index in [0.29, 0.717) is 5.56 Å². The zero-order valence-electron chi connectivity index (χ0n) is 9.31. The number of aliphatic hydroxyl groups is 1. The smallest absolute Gasteiger partial charge is 0.365 e. The fourth-order valence-corrected chi connectivity index (χ4v) is 2.94. The molecule has 1 rings (SSSR count). The zero-order valence-corrected chi connectivity index (χ0v) is 11.8. The highest BCUT2D eigenvalue weighted by Crippen LogP contribution is 2.62. The molecule has 0 radical (unpaired) electrons. The van der Waals surface area contributed by atoms with Crippen LogP contribution >= 0.6 is 23.5 Å². The summed E-state index contributed by atoms with van der Waals surface area (Å²) in [6.45, 7) is 1.41. The van der Waals surface area contributed by atoms with E-state index in [1.165, 1.54) is 21.1 Å². The number of hydrogen-bond acceptors (Lipinski definition) is 4. The minimum absolute atomic E-state index is 0.475. The van der Waals surface area contributed by atoms with E-state index in [-0.39, 0.29) is 0 Å². The highest BCUT2D eigenvalue weighted by atomic mass is 79.9. The first-order valence-corrected chi connectivity index (χ1v) is 6.91. The van der Waals surface area contributed by atoms with Crippen LogP contribution in [0.2, 0.25) is 0 Å². The molecule has 0 amide bonds. The van der Waals surface area contributed by atoms with Gasteiger partial charge in [-0.1, -0.05) is 28.1 Å². The number of rotatable bonds is 4. The summed E-state index contributed by atoms with van der Waals surface area (Å²) in [5.74, 6) is 0. The van der Waals surface area contributed by atoms with Gasteiger partial charge in [-0.05, 0) is 24.6 Å². The Labute approximate surface area is 103 Å². The molecule has 0 saturated carbocycles. The van der Waals surface area contributed by atoms with Gasteiger partial charge < -0.3 is 14.2 Å². The van der Waals surface area contributed by atoms with E-state index < -0.39 is 12.9 Å². The van der Waals surface area contributed by atoms with Crippen molar-refractivity contribution in [2.75, 3.05) is 14.2 Å². The lowest BCUT2D eigenvalue weighted by Crippen LogP contribution is -2.23. The van der Waals surface area contributed by atoms with Crippen molar-refractivity contribution in [2.24, 2.45) is 0 Å². The number of halogens is 1. The molecule has 90 valence electrons. The third-order valence-corrected chi connectivity index (χ3v) is 5.22. The summed E-state index contributed by atoms with van der Waals surface area (Å²) in [6.07, 6.45) is 0. The molecule has 1 N–H and O–H groups in total. The van der Waals surface area contributed by atoms with E-state index in [4.69, 9.17) is 9.05 Å². The van der Waals surface area contributed by atoms with Crippen LogP contribution in [0.3, 0.4) is 0 Å². The Morgan fingerprint density at radius 1 is 1.25 bits per heavy atom. The van der Waals surface area contributed by atoms with Crippen molar-refractivity contribution in [3.05, 3.63) is 34.3 Å². The number of hydrogen-bond donors (Lipinski definition) is 1. The molecule has 0 spiro atoms. The van der Waals surface area contributed by atoms with Gasteiger partial charge in [0, 0.05) is 18.7 Å². The molecule has 0 heterocycles. The van der Waals surface area contributed by atoms with Crippen molar-refractivity contribution in [3.8, 4) is 0 Å². The monoisotopic (exact) mass is 308 g/mol. The van der Waals surface area contributed by atoms with Gasteiger partial charge in [0.1, 0.15) is 0 Å². The van der Waals surface area contributed by atoms with Gasteiger partial charge in [0.25, 0.3) is 0 Å². The lowest BCUT2D eigenvalue weighted by atomic mass is 10.1. The summed E-state index contributed by atoms with van der Waals surface area (Å²) in [7, 11) is -1.09. The van der Waals surface area contributed by atoms with Crippen molar-refractivity contribution in [3.63, 3.8) is 0 Å². The van der Waals surface area contributed by atoms with Crippen molar-refractivity contribution in [1.82, 2.24) is 0 Å². The lowest BCUT2D eigenvalue weighted by molar-refractivity contribution is 0.0932. The molecule has 6 heteroatoms. The third-order valence-electron chi connectivity index (χ3n) is 2.41. The van der Waals surface area contributed by atoms with Crippen molar-refractivity contribution >= 4 is 23.5 Å². The lowest BCUT2D eigenvalue weighted by Gasteiger charge is -2.29. The second-order valence-electron chi connectivity index (χ2n) is 3.39. The minimum atomic E-state index is -3.58. The average Bonchev–Trinajstić information content (AvgIpc) is 2.28. The van der Waals surface area contributed by atoms with Crippen LogP contribution in [0.5, 0.6) is 0 Å². The Balaban J connectivity index is 3.19. The van der Waals surface area contributed by atoms with Crippen LogP contribution in [-0.2, 0) is 19.0 Å². The molecule has 0 fully saturated rings. The SMILES string of the molecule is COP(=O)(OC)[C@@](C)(O)c1ccc(Br)cc1. The highest BCUT2D eigenvalue weighted by Gasteiger charge is 2.46. The molecule has 16 heavy (non-hydrogen) atoms. The normalized spacial score (nSPS) is 15.8. The van der Waals surface area contributed by atoms with E-state index in [0.717, 1.165) is 4.47 Å². The summed E-state index contributed by atoms with van der Waals surface area (Å²) in [4.78, 5) is 0. The molecule has 0 aliphatic carbocycles. The van der Waals surface area contributed by atoms with Crippen LogP contribution in [0.4, 0.5) is 0 Å². The Morgan fingerprint density at radius 2 is 1.69 bits per heavy atom. The maximum absolute atomic E-state index is 12.2. The predicted octanol–water partition coefficient (Wildman–Crippen LogP) is 3.10. The predicted molar refractivity (Wildman–Crippen MR) is 65.3 cm³/mol. The van der Waals surface area contributed by atoms with Gasteiger partial charge >= 0.3 is 7.60 Å². The van der Waals surface area contributed by atoms with Gasteiger partial charge in [-0.3, -0.25) is 4.57 Å². The first kappa shape index (κ1) is 13.9. The summed E-state index contributed by atoms with van der Waals surface area (Å²) in [5, 5.41) is 8.60. The summed E-state index contributed by atoms with van der Waals surface area (Å²) < 4.78 is 22.6. The van der Waals surface area contributed by atoms with E-state index in [1.807, 2.05) is 0 Å². The molecule has 0 aliphatic heterocycles. The Kier molecular flexibility index (Phi) is 4.32. The molecular formula is C10H14BrO4P. The summed E-state index contributed by atoms with van der Waals surface area (Å²) >= 11 is 3.28. The Morgan fingerprint density at radius 3 is 2.06 bits per heavy atom. The van der Waals surface area contributed by atoms with Crippen LogP contribution in [0.1, 0.15) is 12.5 Å². The van der Waals surface area contributed by atoms with Crippen molar-refractivity contribution in [2.45, 2.75) is 12.3 Å². The molecule has 1 aromatic carbocycles. The maximum atomic E-state index is 12.2. The van der Waals surface area contributed by atoms with Gasteiger partial charge in [0.15, 0.2) is 5.34 Å². The molecule has 0 aromatic heterocycles. The van der Waals surface area contributed by atoms with E-state index in [2.05, 4.69) is 15.9 Å². The standard InChI is InChI=1S/C10H14BrO4P/c1-10(12,16(13,14-2)15-3)8-4-6-9(11)7-5-8/h4-7,12H,1-3H3/t10-/m1/s1. The molecule has 1 atom stereocenters. The van der Waals surface area contributed by atoms with Crippen molar-refractivity contribution in [1.29, 1.82) is 0 Å². The zero-order chi connectivity index (χ0) is 12.4. The van der Waals surface area contributed by atoms with Crippen LogP contribution in [0.15, 0.2) is 28.7 Å². The van der Waals surface area contributed by atoms with E-state index >= 15 is 0 Å². The molecule has 0 saturated heterocycles. The number of benzene rings is 1. The maximum Gasteiger partial charge on any atom is 0.365 e. The van der Waals surface area contributed by atoms with Crippen LogP contribution in [-0.4, -0.2) is 19.3 Å². The van der Waals surface area contributed by atoms with Crippen LogP contribution in [0, 0.1) is 0 Å². The average molecular weight is 309 g/mol. The Hall–Kier alpha value is -0.190. The van der Waals surface area contributed by atoms with Crippen LogP contribution < -0.4 is 0 Å². The van der Waals surface area contributed by atoms with Gasteiger partial charge in [0.05, 0.1) is 0 Å². The molecule has 4 nitrogen and oxygen atoms in total. The second kappa shape index (κ2) is 4.98. The van der Waals surface area contributed by atoms with Gasteiger partial charge in [-0.2, -0.15) is 0 Å². The first-order chi connectivity index (χ1) is 7.37. The Bertz CT molecular complexity index is 394. The molecular weight excluding hydrogens is 295 g/mol. The first-order valence-electron chi connectivity index (χ1n) is 4.57. The molecule has 1 aromatic rings. The molecule has 0 unspecified atom stereocenters. The van der Waals surface area contributed by atoms with Crippen molar-refractivity contribution < 1.29 is 18.7 Å². The topological polar surface area (TPSA) is 55.8 Å². The molecule has 0 bridgehead atoms. The summed E-state index contributed by atoms with van der Waals surface area (Å²) in [5.41, 5.74) is 0.475. The highest BCUT2D eigenvalue weighted by molar-refractivity contribution is 9.10. The molecule has 0 aliphatic rings. The fraction of sp³-hybridized carbons (Fsp3) is 0.400. The van der Waals surface area contributed by atoms with Gasteiger partial charge in [0.2, 0.25) is 0 Å². The second-order valence-corrected chi connectivity index (χ2v) is 6.90. The fourth-order valence-electron chi connectivity index (χ4n) is 1.35. The quantitative estimate of drug-likeness (QED) is 0.868. The third kappa shape index (κ3) is 2.39. The van der Waals surface area contributed by atoms with Crippen LogP contribution in [0.25, 0.3) is 0 Å². The minimum Gasteiger partial charge on any atom is -0.373 e. The largest absolute Gasteiger partial charge is 0.373 e. The van der Waals surface area contributed by atoms with E-state index in [9.17, 15) is 9.67 Å². The summed E-state index contributed by atoms with van der Waals surface area (Å²) in [6, 6.07) is 6.82.